The molecule has 0 fully saturated rings. The van der Waals surface area contributed by atoms with Gasteiger partial charge in [0, 0.05) is 17.3 Å². The highest BCUT2D eigenvalue weighted by atomic mass is 16.5. The first-order valence-electron chi connectivity index (χ1n) is 5.61. The number of benzene rings is 1. The van der Waals surface area contributed by atoms with Gasteiger partial charge in [-0.25, -0.2) is 0 Å². The smallest absolute Gasteiger partial charge is 0.248 e. The van der Waals surface area contributed by atoms with Crippen molar-refractivity contribution in [1.82, 2.24) is 4.98 Å². The van der Waals surface area contributed by atoms with Gasteiger partial charge in [0.2, 0.25) is 5.56 Å². The quantitative estimate of drug-likeness (QED) is 0.879. The SMILES string of the molecule is CCc1[nH]c(=O)ccc1-c1ccc(OC)cc1. The lowest BCUT2D eigenvalue weighted by Crippen LogP contribution is -2.07. The Morgan fingerprint density at radius 1 is 1.12 bits per heavy atom. The second-order valence-corrected chi connectivity index (χ2v) is 3.80. The minimum atomic E-state index is -0.0564. The number of ether oxygens (including phenoxy) is 1. The summed E-state index contributed by atoms with van der Waals surface area (Å²) < 4.78 is 5.12. The third-order valence-corrected chi connectivity index (χ3v) is 2.76. The molecule has 0 unspecified atom stereocenters. The third kappa shape index (κ3) is 2.38. The number of aromatic nitrogens is 1. The maximum Gasteiger partial charge on any atom is 0.248 e. The lowest BCUT2D eigenvalue weighted by molar-refractivity contribution is 0.415. The van der Waals surface area contributed by atoms with E-state index in [4.69, 9.17) is 4.74 Å². The minimum absolute atomic E-state index is 0.0564. The van der Waals surface area contributed by atoms with Gasteiger partial charge in [0.15, 0.2) is 0 Å². The van der Waals surface area contributed by atoms with Crippen molar-refractivity contribution in [2.45, 2.75) is 13.3 Å². The van der Waals surface area contributed by atoms with Crippen molar-refractivity contribution in [2.24, 2.45) is 0 Å². The van der Waals surface area contributed by atoms with Gasteiger partial charge >= 0.3 is 0 Å². The lowest BCUT2D eigenvalue weighted by atomic mass is 10.0. The van der Waals surface area contributed by atoms with Crippen LogP contribution in [-0.2, 0) is 6.42 Å². The van der Waals surface area contributed by atoms with E-state index in [1.54, 1.807) is 13.2 Å². The van der Waals surface area contributed by atoms with E-state index in [0.29, 0.717) is 0 Å². The fraction of sp³-hybridized carbons (Fsp3) is 0.214. The molecule has 0 spiro atoms. The summed E-state index contributed by atoms with van der Waals surface area (Å²) in [5.41, 5.74) is 3.05. The van der Waals surface area contributed by atoms with Crippen LogP contribution in [0.15, 0.2) is 41.2 Å². The molecule has 3 nitrogen and oxygen atoms in total. The first-order chi connectivity index (χ1) is 8.24. The van der Waals surface area contributed by atoms with Crippen LogP contribution in [0.4, 0.5) is 0 Å². The highest BCUT2D eigenvalue weighted by Gasteiger charge is 2.04. The van der Waals surface area contributed by atoms with E-state index in [9.17, 15) is 4.79 Å². The number of hydrogen-bond donors (Lipinski definition) is 1. The molecule has 1 N–H and O–H groups in total. The van der Waals surface area contributed by atoms with Gasteiger partial charge in [0.25, 0.3) is 0 Å². The van der Waals surface area contributed by atoms with Crippen LogP contribution in [0.5, 0.6) is 5.75 Å². The van der Waals surface area contributed by atoms with E-state index in [1.807, 2.05) is 37.3 Å². The lowest BCUT2D eigenvalue weighted by Gasteiger charge is -2.08. The molecule has 0 aliphatic heterocycles. The van der Waals surface area contributed by atoms with E-state index in [2.05, 4.69) is 4.98 Å². The first kappa shape index (κ1) is 11.5. The molecule has 0 saturated heterocycles. The molecule has 1 aromatic heterocycles. The Kier molecular flexibility index (Phi) is 3.28. The van der Waals surface area contributed by atoms with Crippen LogP contribution in [0.25, 0.3) is 11.1 Å². The van der Waals surface area contributed by atoms with Crippen LogP contribution in [0, 0.1) is 0 Å². The number of rotatable bonds is 3. The van der Waals surface area contributed by atoms with Gasteiger partial charge in [-0.2, -0.15) is 0 Å². The molecule has 88 valence electrons. The summed E-state index contributed by atoms with van der Waals surface area (Å²) in [6, 6.07) is 11.2. The topological polar surface area (TPSA) is 42.1 Å². The van der Waals surface area contributed by atoms with Crippen LogP contribution in [-0.4, -0.2) is 12.1 Å². The maximum atomic E-state index is 11.3. The average molecular weight is 229 g/mol. The summed E-state index contributed by atoms with van der Waals surface area (Å²) in [7, 11) is 1.65. The maximum absolute atomic E-state index is 11.3. The summed E-state index contributed by atoms with van der Waals surface area (Å²) in [4.78, 5) is 14.1. The average Bonchev–Trinajstić information content (AvgIpc) is 2.39. The zero-order chi connectivity index (χ0) is 12.3. The Hall–Kier alpha value is -2.03. The molecule has 0 bridgehead atoms. The number of pyridine rings is 1. The molecular weight excluding hydrogens is 214 g/mol. The molecule has 1 heterocycles. The molecule has 0 saturated carbocycles. The van der Waals surface area contributed by atoms with Gasteiger partial charge in [-0.3, -0.25) is 4.79 Å². The molecule has 0 amide bonds. The van der Waals surface area contributed by atoms with Crippen molar-refractivity contribution in [3.05, 3.63) is 52.4 Å². The van der Waals surface area contributed by atoms with Crippen LogP contribution < -0.4 is 10.3 Å². The van der Waals surface area contributed by atoms with Gasteiger partial charge in [-0.05, 0) is 30.2 Å². The first-order valence-corrected chi connectivity index (χ1v) is 5.61. The Morgan fingerprint density at radius 2 is 1.82 bits per heavy atom. The van der Waals surface area contributed by atoms with Gasteiger partial charge in [0.05, 0.1) is 7.11 Å². The molecule has 0 aliphatic carbocycles. The minimum Gasteiger partial charge on any atom is -0.497 e. The van der Waals surface area contributed by atoms with Gasteiger partial charge in [-0.1, -0.05) is 19.1 Å². The van der Waals surface area contributed by atoms with Crippen molar-refractivity contribution in [3.8, 4) is 16.9 Å². The van der Waals surface area contributed by atoms with E-state index in [0.717, 1.165) is 29.0 Å². The predicted molar refractivity (Wildman–Crippen MR) is 68.4 cm³/mol. The fourth-order valence-corrected chi connectivity index (χ4v) is 1.84. The monoisotopic (exact) mass is 229 g/mol. The summed E-state index contributed by atoms with van der Waals surface area (Å²) >= 11 is 0. The van der Waals surface area contributed by atoms with E-state index >= 15 is 0 Å². The predicted octanol–water partition coefficient (Wildman–Crippen LogP) is 2.61. The Morgan fingerprint density at radius 3 is 2.41 bits per heavy atom. The zero-order valence-corrected chi connectivity index (χ0v) is 9.99. The van der Waals surface area contributed by atoms with Crippen LogP contribution in [0.2, 0.25) is 0 Å². The fourth-order valence-electron chi connectivity index (χ4n) is 1.84. The highest BCUT2D eigenvalue weighted by Crippen LogP contribution is 2.24. The number of aromatic amines is 1. The Balaban J connectivity index is 2.48. The van der Waals surface area contributed by atoms with E-state index < -0.39 is 0 Å². The standard InChI is InChI=1S/C14H15NO2/c1-3-13-12(8-9-14(16)15-13)10-4-6-11(17-2)7-5-10/h4-9H,3H2,1-2H3,(H,15,16). The van der Waals surface area contributed by atoms with Gasteiger partial charge < -0.3 is 9.72 Å². The number of hydrogen-bond acceptors (Lipinski definition) is 2. The molecule has 1 aromatic carbocycles. The molecule has 2 aromatic rings. The molecule has 3 heteroatoms. The highest BCUT2D eigenvalue weighted by molar-refractivity contribution is 5.66. The summed E-state index contributed by atoms with van der Waals surface area (Å²) in [6.45, 7) is 2.03. The molecule has 0 aliphatic rings. The van der Waals surface area contributed by atoms with Crippen molar-refractivity contribution in [1.29, 1.82) is 0 Å². The van der Waals surface area contributed by atoms with Crippen LogP contribution >= 0.6 is 0 Å². The molecule has 0 atom stereocenters. The molecule has 2 rings (SSSR count). The summed E-state index contributed by atoms with van der Waals surface area (Å²) in [5, 5.41) is 0. The third-order valence-electron chi connectivity index (χ3n) is 2.76. The van der Waals surface area contributed by atoms with Crippen molar-refractivity contribution >= 4 is 0 Å². The molecular formula is C14H15NO2. The number of nitrogens with one attached hydrogen (secondary N) is 1. The van der Waals surface area contributed by atoms with Crippen molar-refractivity contribution in [3.63, 3.8) is 0 Å². The van der Waals surface area contributed by atoms with Crippen LogP contribution in [0.1, 0.15) is 12.6 Å². The second-order valence-electron chi connectivity index (χ2n) is 3.80. The number of H-pyrrole nitrogens is 1. The summed E-state index contributed by atoms with van der Waals surface area (Å²) in [6.07, 6.45) is 0.803. The van der Waals surface area contributed by atoms with Gasteiger partial charge in [0.1, 0.15) is 5.75 Å². The number of methoxy groups -OCH3 is 1. The van der Waals surface area contributed by atoms with E-state index in [-0.39, 0.29) is 5.56 Å². The zero-order valence-electron chi connectivity index (χ0n) is 9.99. The molecule has 17 heavy (non-hydrogen) atoms. The Bertz CT molecular complexity index is 555. The largest absolute Gasteiger partial charge is 0.497 e. The Labute approximate surface area is 100 Å². The van der Waals surface area contributed by atoms with Crippen molar-refractivity contribution in [2.75, 3.05) is 7.11 Å². The van der Waals surface area contributed by atoms with Crippen molar-refractivity contribution < 1.29 is 4.74 Å². The van der Waals surface area contributed by atoms with E-state index in [1.165, 1.54) is 0 Å². The number of aryl methyl sites for hydroxylation is 1. The van der Waals surface area contributed by atoms with Crippen LogP contribution in [0.3, 0.4) is 0 Å². The second kappa shape index (κ2) is 4.87. The summed E-state index contributed by atoms with van der Waals surface area (Å²) in [5.74, 6) is 0.830. The normalized spacial score (nSPS) is 10.2. The van der Waals surface area contributed by atoms with Gasteiger partial charge in [-0.15, -0.1) is 0 Å². The molecule has 0 radical (unpaired) electrons.